The zero-order valence-electron chi connectivity index (χ0n) is 11.6. The minimum absolute atomic E-state index is 0.0524. The van der Waals surface area contributed by atoms with Gasteiger partial charge in [-0.15, -0.1) is 0 Å². The molecule has 1 aliphatic heterocycles. The zero-order valence-corrected chi connectivity index (χ0v) is 12.4. The second kappa shape index (κ2) is 6.33. The summed E-state index contributed by atoms with van der Waals surface area (Å²) in [5.41, 5.74) is 0. The summed E-state index contributed by atoms with van der Waals surface area (Å²) in [6.07, 6.45) is 4.26. The van der Waals surface area contributed by atoms with E-state index in [2.05, 4.69) is 10.2 Å². The first-order valence-corrected chi connectivity index (χ1v) is 9.07. The van der Waals surface area contributed by atoms with Gasteiger partial charge in [0.25, 0.3) is 0 Å². The van der Waals surface area contributed by atoms with Gasteiger partial charge in [0.15, 0.2) is 0 Å². The smallest absolute Gasteiger partial charge is 0.150 e. The molecule has 0 spiro atoms. The molecule has 0 amide bonds. The number of Topliss-reactive ketones (excluding diaryl/α,β-unsaturated/α-hetero) is 1. The highest BCUT2D eigenvalue weighted by Gasteiger charge is 2.32. The van der Waals surface area contributed by atoms with Crippen LogP contribution in [0.5, 0.6) is 0 Å². The summed E-state index contributed by atoms with van der Waals surface area (Å²) in [5.74, 6) is 0.179. The van der Waals surface area contributed by atoms with Gasteiger partial charge >= 0.3 is 0 Å². The molecule has 5 nitrogen and oxygen atoms in total. The highest BCUT2D eigenvalue weighted by molar-refractivity contribution is 7.91. The molecule has 1 saturated carbocycles. The first kappa shape index (κ1) is 14.9. The topological polar surface area (TPSA) is 66.5 Å². The predicted molar refractivity (Wildman–Crippen MR) is 74.9 cm³/mol. The Morgan fingerprint density at radius 1 is 1.26 bits per heavy atom. The van der Waals surface area contributed by atoms with Gasteiger partial charge in [-0.05, 0) is 19.3 Å². The highest BCUT2D eigenvalue weighted by atomic mass is 32.2. The van der Waals surface area contributed by atoms with Crippen LogP contribution in [0.25, 0.3) is 0 Å². The maximum Gasteiger partial charge on any atom is 0.150 e. The van der Waals surface area contributed by atoms with Crippen LogP contribution in [-0.4, -0.2) is 63.3 Å². The monoisotopic (exact) mass is 288 g/mol. The minimum Gasteiger partial charge on any atom is -0.314 e. The molecule has 1 saturated heterocycles. The molecule has 2 rings (SSSR count). The first-order chi connectivity index (χ1) is 8.97. The van der Waals surface area contributed by atoms with Crippen LogP contribution < -0.4 is 5.32 Å². The number of ketones is 1. The molecule has 0 bridgehead atoms. The summed E-state index contributed by atoms with van der Waals surface area (Å²) >= 11 is 0. The van der Waals surface area contributed by atoms with Crippen molar-refractivity contribution in [3.8, 4) is 0 Å². The van der Waals surface area contributed by atoms with Crippen LogP contribution in [0.15, 0.2) is 0 Å². The van der Waals surface area contributed by atoms with Crippen molar-refractivity contribution in [3.63, 3.8) is 0 Å². The van der Waals surface area contributed by atoms with Crippen molar-refractivity contribution in [2.45, 2.75) is 30.9 Å². The highest BCUT2D eigenvalue weighted by Crippen LogP contribution is 2.29. The number of hydrogen-bond acceptors (Lipinski definition) is 5. The van der Waals surface area contributed by atoms with E-state index < -0.39 is 9.84 Å². The van der Waals surface area contributed by atoms with Gasteiger partial charge in [0, 0.05) is 38.4 Å². The molecule has 2 aliphatic rings. The third-order valence-corrected chi connectivity index (χ3v) is 5.92. The van der Waals surface area contributed by atoms with E-state index in [1.807, 2.05) is 0 Å². The molecular weight excluding hydrogens is 264 g/mol. The Morgan fingerprint density at radius 2 is 1.95 bits per heavy atom. The Hall–Kier alpha value is -0.460. The van der Waals surface area contributed by atoms with E-state index in [0.29, 0.717) is 13.0 Å². The van der Waals surface area contributed by atoms with Crippen molar-refractivity contribution in [1.82, 2.24) is 10.2 Å². The van der Waals surface area contributed by atoms with E-state index in [4.69, 9.17) is 0 Å². The number of carbonyl (C=O) groups excluding carboxylic acids is 1. The van der Waals surface area contributed by atoms with Gasteiger partial charge in [-0.2, -0.15) is 0 Å². The van der Waals surface area contributed by atoms with Gasteiger partial charge in [0.1, 0.15) is 15.6 Å². The van der Waals surface area contributed by atoms with Gasteiger partial charge < -0.3 is 5.32 Å². The van der Waals surface area contributed by atoms with Crippen molar-refractivity contribution in [3.05, 3.63) is 0 Å². The van der Waals surface area contributed by atoms with Gasteiger partial charge in [0.05, 0.1) is 11.8 Å². The Morgan fingerprint density at radius 3 is 2.58 bits per heavy atom. The second-order valence-electron chi connectivity index (χ2n) is 5.81. The van der Waals surface area contributed by atoms with E-state index >= 15 is 0 Å². The van der Waals surface area contributed by atoms with Gasteiger partial charge in [-0.25, -0.2) is 8.42 Å². The zero-order chi connectivity index (χ0) is 13.9. The molecule has 0 aromatic heterocycles. The standard InChI is InChI=1S/C13H24N2O3S/c1-19(17,18)12-4-2-3-11(9-12)13(16)10-15-7-5-14-6-8-15/h11-12,14H,2-10H2,1H3. The average Bonchev–Trinajstić information content (AvgIpc) is 2.39. The summed E-state index contributed by atoms with van der Waals surface area (Å²) in [5, 5.41) is 2.95. The summed E-state index contributed by atoms with van der Waals surface area (Å²) in [4.78, 5) is 14.5. The summed E-state index contributed by atoms with van der Waals surface area (Å²) < 4.78 is 23.2. The van der Waals surface area contributed by atoms with Gasteiger partial charge in [0.2, 0.25) is 0 Å². The number of rotatable bonds is 4. The Kier molecular flexibility index (Phi) is 4.97. The number of carbonyl (C=O) groups is 1. The summed E-state index contributed by atoms with van der Waals surface area (Å²) in [6, 6.07) is 0. The van der Waals surface area contributed by atoms with Crippen molar-refractivity contribution >= 4 is 15.6 Å². The average molecular weight is 288 g/mol. The third-order valence-electron chi connectivity index (χ3n) is 4.28. The van der Waals surface area contributed by atoms with E-state index in [9.17, 15) is 13.2 Å². The lowest BCUT2D eigenvalue weighted by Gasteiger charge is -2.31. The van der Waals surface area contributed by atoms with Crippen LogP contribution in [0.3, 0.4) is 0 Å². The molecule has 2 fully saturated rings. The quantitative estimate of drug-likeness (QED) is 0.792. The van der Waals surface area contributed by atoms with E-state index in [-0.39, 0.29) is 17.0 Å². The molecule has 1 heterocycles. The van der Waals surface area contributed by atoms with Gasteiger partial charge in [-0.1, -0.05) is 6.42 Å². The maximum absolute atomic E-state index is 12.3. The van der Waals surface area contributed by atoms with E-state index in [1.165, 1.54) is 6.26 Å². The number of nitrogens with one attached hydrogen (secondary N) is 1. The second-order valence-corrected chi connectivity index (χ2v) is 8.13. The van der Waals surface area contributed by atoms with Crippen LogP contribution in [0.2, 0.25) is 0 Å². The molecule has 2 atom stereocenters. The van der Waals surface area contributed by atoms with Crippen LogP contribution in [0, 0.1) is 5.92 Å². The maximum atomic E-state index is 12.3. The molecule has 6 heteroatoms. The van der Waals surface area contributed by atoms with Crippen molar-refractivity contribution < 1.29 is 13.2 Å². The summed E-state index contributed by atoms with van der Waals surface area (Å²) in [7, 11) is -3.00. The fraction of sp³-hybridized carbons (Fsp3) is 0.923. The number of hydrogen-bond donors (Lipinski definition) is 1. The Labute approximate surface area is 115 Å². The molecule has 2 unspecified atom stereocenters. The fourth-order valence-corrected chi connectivity index (χ4v) is 4.22. The minimum atomic E-state index is -3.00. The van der Waals surface area contributed by atoms with Gasteiger partial charge in [-0.3, -0.25) is 9.69 Å². The molecule has 1 N–H and O–H groups in total. The molecule has 0 aromatic rings. The molecule has 110 valence electrons. The van der Waals surface area contributed by atoms with Crippen molar-refractivity contribution in [2.75, 3.05) is 39.0 Å². The molecule has 0 aromatic carbocycles. The molecular formula is C13H24N2O3S. The Bertz CT molecular complexity index is 416. The predicted octanol–water partition coefficient (Wildman–Crippen LogP) is 0.0641. The normalized spacial score (nSPS) is 30.2. The molecule has 19 heavy (non-hydrogen) atoms. The fourth-order valence-electron chi connectivity index (χ4n) is 3.05. The van der Waals surface area contributed by atoms with Crippen LogP contribution in [0.4, 0.5) is 0 Å². The molecule has 1 aliphatic carbocycles. The van der Waals surface area contributed by atoms with E-state index in [0.717, 1.165) is 45.4 Å². The number of sulfone groups is 1. The first-order valence-electron chi connectivity index (χ1n) is 7.11. The lowest BCUT2D eigenvalue weighted by Crippen LogP contribution is -2.46. The summed E-state index contributed by atoms with van der Waals surface area (Å²) in [6.45, 7) is 4.18. The molecule has 0 radical (unpaired) electrons. The largest absolute Gasteiger partial charge is 0.314 e. The van der Waals surface area contributed by atoms with Crippen molar-refractivity contribution in [1.29, 1.82) is 0 Å². The van der Waals surface area contributed by atoms with E-state index in [1.54, 1.807) is 0 Å². The third kappa shape index (κ3) is 4.26. The SMILES string of the molecule is CS(=O)(=O)C1CCCC(C(=O)CN2CCNCC2)C1. The lowest BCUT2D eigenvalue weighted by molar-refractivity contribution is -0.125. The van der Waals surface area contributed by atoms with Crippen molar-refractivity contribution in [2.24, 2.45) is 5.92 Å². The number of piperazine rings is 1. The van der Waals surface area contributed by atoms with Crippen LogP contribution in [-0.2, 0) is 14.6 Å². The van der Waals surface area contributed by atoms with Crippen LogP contribution in [0.1, 0.15) is 25.7 Å². The Balaban J connectivity index is 1.88. The van der Waals surface area contributed by atoms with Crippen LogP contribution >= 0.6 is 0 Å². The lowest BCUT2D eigenvalue weighted by atomic mass is 9.85. The number of nitrogens with zero attached hydrogens (tertiary/aromatic N) is 1.